The van der Waals surface area contributed by atoms with Gasteiger partial charge in [0.2, 0.25) is 0 Å². The van der Waals surface area contributed by atoms with Gasteiger partial charge in [0.05, 0.1) is 5.69 Å². The number of pyridine rings is 1. The van der Waals surface area contributed by atoms with Crippen LogP contribution in [0.25, 0.3) is 5.65 Å². The highest BCUT2D eigenvalue weighted by Gasteiger charge is 2.21. The van der Waals surface area contributed by atoms with Crippen molar-refractivity contribution in [3.8, 4) is 0 Å². The highest BCUT2D eigenvalue weighted by Crippen LogP contribution is 2.26. The topological polar surface area (TPSA) is 29.3 Å². The summed E-state index contributed by atoms with van der Waals surface area (Å²) in [5, 5.41) is 3.47. The molecule has 1 saturated heterocycles. The summed E-state index contributed by atoms with van der Waals surface area (Å²) in [4.78, 5) is 4.62. The van der Waals surface area contributed by atoms with Crippen molar-refractivity contribution in [3.05, 3.63) is 35.8 Å². The van der Waals surface area contributed by atoms with Gasteiger partial charge in [0.1, 0.15) is 5.65 Å². The van der Waals surface area contributed by atoms with Gasteiger partial charge in [0, 0.05) is 24.4 Å². The maximum absolute atomic E-state index is 4.62. The number of hydrogen-bond donors (Lipinski definition) is 1. The summed E-state index contributed by atoms with van der Waals surface area (Å²) < 4.78 is 2.24. The van der Waals surface area contributed by atoms with E-state index in [0.29, 0.717) is 5.92 Å². The predicted octanol–water partition coefficient (Wildman–Crippen LogP) is 2.11. The zero-order chi connectivity index (χ0) is 11.0. The molecule has 0 bridgehead atoms. The molecule has 3 heterocycles. The Balaban J connectivity index is 2.10. The van der Waals surface area contributed by atoms with E-state index >= 15 is 0 Å². The van der Waals surface area contributed by atoms with Crippen LogP contribution in [0.2, 0.25) is 0 Å². The van der Waals surface area contributed by atoms with E-state index in [-0.39, 0.29) is 0 Å². The van der Waals surface area contributed by atoms with Crippen molar-refractivity contribution in [1.82, 2.24) is 14.7 Å². The lowest BCUT2D eigenvalue weighted by molar-refractivity contribution is 0.451. The summed E-state index contributed by atoms with van der Waals surface area (Å²) in [5.41, 5.74) is 3.64. The summed E-state index contributed by atoms with van der Waals surface area (Å²) in [6.07, 6.45) is 4.67. The highest BCUT2D eigenvalue weighted by molar-refractivity contribution is 5.44. The molecular weight excluding hydrogens is 198 g/mol. The van der Waals surface area contributed by atoms with Gasteiger partial charge in [-0.15, -0.1) is 0 Å². The molecule has 84 valence electrons. The number of rotatable bonds is 1. The van der Waals surface area contributed by atoms with Crippen LogP contribution in [0.15, 0.2) is 24.4 Å². The molecule has 1 atom stereocenters. The van der Waals surface area contributed by atoms with Crippen molar-refractivity contribution in [2.45, 2.75) is 25.7 Å². The Labute approximate surface area is 95.5 Å². The van der Waals surface area contributed by atoms with Crippen LogP contribution >= 0.6 is 0 Å². The van der Waals surface area contributed by atoms with Crippen LogP contribution < -0.4 is 5.32 Å². The van der Waals surface area contributed by atoms with Gasteiger partial charge < -0.3 is 9.72 Å². The van der Waals surface area contributed by atoms with Gasteiger partial charge in [0.25, 0.3) is 0 Å². The maximum atomic E-state index is 4.62. The number of piperidine rings is 1. The van der Waals surface area contributed by atoms with Gasteiger partial charge in [0.15, 0.2) is 0 Å². The number of nitrogens with zero attached hydrogens (tertiary/aromatic N) is 2. The molecule has 0 saturated carbocycles. The van der Waals surface area contributed by atoms with Crippen LogP contribution in [0.1, 0.15) is 30.1 Å². The number of nitrogens with one attached hydrogen (secondary N) is 1. The van der Waals surface area contributed by atoms with E-state index in [1.54, 1.807) is 0 Å². The minimum absolute atomic E-state index is 0.617. The molecule has 2 aromatic heterocycles. The van der Waals surface area contributed by atoms with Crippen LogP contribution in [0, 0.1) is 6.92 Å². The minimum Gasteiger partial charge on any atom is -0.316 e. The quantitative estimate of drug-likeness (QED) is 0.789. The largest absolute Gasteiger partial charge is 0.316 e. The van der Waals surface area contributed by atoms with E-state index in [9.17, 15) is 0 Å². The summed E-state index contributed by atoms with van der Waals surface area (Å²) in [5.74, 6) is 0.617. The van der Waals surface area contributed by atoms with Crippen LogP contribution in [0.5, 0.6) is 0 Å². The Morgan fingerprint density at radius 1 is 1.44 bits per heavy atom. The van der Waals surface area contributed by atoms with Gasteiger partial charge in [-0.1, -0.05) is 6.07 Å². The van der Waals surface area contributed by atoms with Gasteiger partial charge in [-0.05, 0) is 38.4 Å². The lowest BCUT2D eigenvalue weighted by atomic mass is 9.95. The van der Waals surface area contributed by atoms with Crippen molar-refractivity contribution in [2.75, 3.05) is 13.1 Å². The summed E-state index contributed by atoms with van der Waals surface area (Å²) in [6, 6.07) is 6.20. The first-order chi connectivity index (χ1) is 7.86. The SMILES string of the molecule is Cc1nc2ccccn2c1C1CCCNC1. The Kier molecular flexibility index (Phi) is 2.40. The molecule has 1 aliphatic rings. The third-order valence-corrected chi connectivity index (χ3v) is 3.43. The van der Waals surface area contributed by atoms with Gasteiger partial charge in [-0.3, -0.25) is 0 Å². The monoisotopic (exact) mass is 215 g/mol. The van der Waals surface area contributed by atoms with Crippen molar-refractivity contribution < 1.29 is 0 Å². The Hall–Kier alpha value is -1.35. The molecule has 0 aliphatic carbocycles. The molecule has 3 heteroatoms. The molecule has 0 aromatic carbocycles. The second kappa shape index (κ2) is 3.91. The Bertz CT molecular complexity index is 495. The standard InChI is InChI=1S/C13H17N3/c1-10-13(11-5-4-7-14-9-11)16-8-3-2-6-12(16)15-10/h2-3,6,8,11,14H,4-5,7,9H2,1H3. The molecule has 3 rings (SSSR count). The molecule has 1 aliphatic heterocycles. The van der Waals surface area contributed by atoms with Gasteiger partial charge in [-0.2, -0.15) is 0 Å². The van der Waals surface area contributed by atoms with Gasteiger partial charge >= 0.3 is 0 Å². The molecule has 0 spiro atoms. The molecule has 3 nitrogen and oxygen atoms in total. The minimum atomic E-state index is 0.617. The summed E-state index contributed by atoms with van der Waals surface area (Å²) in [6.45, 7) is 4.37. The average Bonchev–Trinajstić information content (AvgIpc) is 2.66. The van der Waals surface area contributed by atoms with E-state index in [2.05, 4.69) is 40.0 Å². The Morgan fingerprint density at radius 2 is 2.38 bits per heavy atom. The maximum Gasteiger partial charge on any atom is 0.137 e. The average molecular weight is 215 g/mol. The van der Waals surface area contributed by atoms with Crippen LogP contribution in [0.3, 0.4) is 0 Å². The molecule has 0 radical (unpaired) electrons. The third kappa shape index (κ3) is 1.52. The second-order valence-corrected chi connectivity index (χ2v) is 4.55. The van der Waals surface area contributed by atoms with E-state index in [1.165, 1.54) is 24.2 Å². The van der Waals surface area contributed by atoms with Crippen molar-refractivity contribution in [2.24, 2.45) is 0 Å². The molecule has 1 unspecified atom stereocenters. The lowest BCUT2D eigenvalue weighted by Gasteiger charge is -2.23. The molecule has 2 aromatic rings. The normalized spacial score (nSPS) is 21.4. The Morgan fingerprint density at radius 3 is 3.19 bits per heavy atom. The first-order valence-electron chi connectivity index (χ1n) is 6.00. The number of fused-ring (bicyclic) bond motifs is 1. The zero-order valence-electron chi connectivity index (χ0n) is 9.61. The zero-order valence-corrected chi connectivity index (χ0v) is 9.61. The number of aromatic nitrogens is 2. The number of aryl methyl sites for hydroxylation is 1. The van der Waals surface area contributed by atoms with E-state index in [1.807, 2.05) is 6.07 Å². The predicted molar refractivity (Wildman–Crippen MR) is 64.8 cm³/mol. The molecule has 1 fully saturated rings. The number of imidazole rings is 1. The van der Waals surface area contributed by atoms with E-state index in [0.717, 1.165) is 18.7 Å². The van der Waals surface area contributed by atoms with Gasteiger partial charge in [-0.25, -0.2) is 4.98 Å². The number of hydrogen-bond acceptors (Lipinski definition) is 2. The second-order valence-electron chi connectivity index (χ2n) is 4.55. The van der Waals surface area contributed by atoms with Crippen LogP contribution in [-0.2, 0) is 0 Å². The first-order valence-corrected chi connectivity index (χ1v) is 6.00. The fraction of sp³-hybridized carbons (Fsp3) is 0.462. The lowest BCUT2D eigenvalue weighted by Crippen LogP contribution is -2.29. The molecular formula is C13H17N3. The fourth-order valence-electron chi connectivity index (χ4n) is 2.71. The molecule has 1 N–H and O–H groups in total. The van der Waals surface area contributed by atoms with E-state index < -0.39 is 0 Å². The van der Waals surface area contributed by atoms with Crippen LogP contribution in [-0.4, -0.2) is 22.5 Å². The van der Waals surface area contributed by atoms with Crippen LogP contribution in [0.4, 0.5) is 0 Å². The summed E-state index contributed by atoms with van der Waals surface area (Å²) in [7, 11) is 0. The molecule has 0 amide bonds. The van der Waals surface area contributed by atoms with Crippen molar-refractivity contribution in [3.63, 3.8) is 0 Å². The first kappa shape index (κ1) is 9.85. The van der Waals surface area contributed by atoms with Crippen molar-refractivity contribution >= 4 is 5.65 Å². The summed E-state index contributed by atoms with van der Waals surface area (Å²) >= 11 is 0. The fourth-order valence-corrected chi connectivity index (χ4v) is 2.71. The van der Waals surface area contributed by atoms with E-state index in [4.69, 9.17) is 0 Å². The smallest absolute Gasteiger partial charge is 0.137 e. The highest BCUT2D eigenvalue weighted by atomic mass is 15.0. The third-order valence-electron chi connectivity index (χ3n) is 3.43. The van der Waals surface area contributed by atoms with Crippen molar-refractivity contribution in [1.29, 1.82) is 0 Å². The molecule has 16 heavy (non-hydrogen) atoms.